The fourth-order valence-corrected chi connectivity index (χ4v) is 2.41. The molecule has 5 nitrogen and oxygen atoms in total. The molecule has 144 valence electrons. The number of rotatable bonds is 7. The molecule has 0 aliphatic heterocycles. The minimum Gasteiger partial charge on any atom is -0.354 e. The summed E-state index contributed by atoms with van der Waals surface area (Å²) in [5.41, 5.74) is 0.864. The van der Waals surface area contributed by atoms with Gasteiger partial charge in [-0.15, -0.1) is 0 Å². The highest BCUT2D eigenvalue weighted by Crippen LogP contribution is 2.16. The third-order valence-electron chi connectivity index (χ3n) is 3.95. The highest BCUT2D eigenvalue weighted by atomic mass is 19.1. The van der Waals surface area contributed by atoms with Crippen LogP contribution >= 0.6 is 0 Å². The normalized spacial score (nSPS) is 12.3. The summed E-state index contributed by atoms with van der Waals surface area (Å²) in [4.78, 5) is 24.7. The number of hydrogen-bond acceptors (Lipinski definition) is 3. The van der Waals surface area contributed by atoms with Crippen molar-refractivity contribution in [1.82, 2.24) is 10.6 Å². The van der Waals surface area contributed by atoms with E-state index in [2.05, 4.69) is 16.0 Å². The van der Waals surface area contributed by atoms with Gasteiger partial charge in [0.15, 0.2) is 0 Å². The number of benzene rings is 2. The first-order chi connectivity index (χ1) is 12.8. The van der Waals surface area contributed by atoms with Gasteiger partial charge < -0.3 is 16.0 Å². The van der Waals surface area contributed by atoms with Gasteiger partial charge >= 0.3 is 0 Å². The number of carbonyl (C=O) groups excluding carboxylic acids is 2. The Hall–Kier alpha value is -2.73. The predicted octanol–water partition coefficient (Wildman–Crippen LogP) is 3.26. The Morgan fingerprint density at radius 1 is 0.963 bits per heavy atom. The molecular formula is C21H26FN3O2. The summed E-state index contributed by atoms with van der Waals surface area (Å²) in [5, 5.41) is 8.81. The molecule has 2 aromatic rings. The van der Waals surface area contributed by atoms with E-state index in [1.165, 1.54) is 24.3 Å². The van der Waals surface area contributed by atoms with Crippen LogP contribution in [0.15, 0.2) is 54.6 Å². The van der Waals surface area contributed by atoms with Crippen LogP contribution in [0, 0.1) is 11.2 Å². The summed E-state index contributed by atoms with van der Waals surface area (Å²) in [6, 6.07) is 14.3. The first kappa shape index (κ1) is 20.6. The minimum absolute atomic E-state index is 0.0451. The second-order valence-corrected chi connectivity index (χ2v) is 7.30. The lowest BCUT2D eigenvalue weighted by molar-refractivity contribution is -0.128. The monoisotopic (exact) mass is 371 g/mol. The van der Waals surface area contributed by atoms with Crippen molar-refractivity contribution in [3.63, 3.8) is 0 Å². The molecule has 2 rings (SSSR count). The molecule has 0 saturated carbocycles. The lowest BCUT2D eigenvalue weighted by Crippen LogP contribution is -2.41. The Kier molecular flexibility index (Phi) is 7.07. The highest BCUT2D eigenvalue weighted by molar-refractivity contribution is 5.95. The Bertz CT molecular complexity index is 755. The summed E-state index contributed by atoms with van der Waals surface area (Å²) in [6.07, 6.45) is 0. The zero-order chi connectivity index (χ0) is 19.9. The fourth-order valence-electron chi connectivity index (χ4n) is 2.41. The van der Waals surface area contributed by atoms with Crippen LogP contribution in [0.4, 0.5) is 10.1 Å². The summed E-state index contributed by atoms with van der Waals surface area (Å²) in [6.45, 7) is 6.37. The van der Waals surface area contributed by atoms with Crippen LogP contribution in [0.2, 0.25) is 0 Å². The maximum atomic E-state index is 13.0. The Balaban J connectivity index is 2.00. The quantitative estimate of drug-likeness (QED) is 0.655. The number of anilines is 1. The fraction of sp³-hybridized carbons (Fsp3) is 0.333. The molecule has 0 bridgehead atoms. The van der Waals surface area contributed by atoms with Gasteiger partial charge in [0, 0.05) is 24.2 Å². The van der Waals surface area contributed by atoms with E-state index in [0.717, 1.165) is 5.56 Å². The number of nitrogens with one attached hydrogen (secondary N) is 3. The first-order valence-electron chi connectivity index (χ1n) is 8.90. The standard InChI is InChI=1S/C21H26FN3O2/c1-21(2,3)20(27)24-14-13-23-18(15-7-5-4-6-8-15)19(26)25-17-11-9-16(22)10-12-17/h4-12,18,23H,13-14H2,1-3H3,(H,24,27)(H,25,26). The van der Waals surface area contributed by atoms with Crippen molar-refractivity contribution < 1.29 is 14.0 Å². The van der Waals surface area contributed by atoms with Crippen LogP contribution < -0.4 is 16.0 Å². The molecule has 0 spiro atoms. The average molecular weight is 371 g/mol. The smallest absolute Gasteiger partial charge is 0.246 e. The van der Waals surface area contributed by atoms with Gasteiger partial charge in [-0.1, -0.05) is 51.1 Å². The maximum absolute atomic E-state index is 13.0. The van der Waals surface area contributed by atoms with E-state index in [1.54, 1.807) is 0 Å². The SMILES string of the molecule is CC(C)(C)C(=O)NCCNC(C(=O)Nc1ccc(F)cc1)c1ccccc1. The third-order valence-corrected chi connectivity index (χ3v) is 3.95. The van der Waals surface area contributed by atoms with Crippen molar-refractivity contribution in [1.29, 1.82) is 0 Å². The molecule has 3 N–H and O–H groups in total. The molecule has 2 aromatic carbocycles. The Morgan fingerprint density at radius 3 is 2.19 bits per heavy atom. The topological polar surface area (TPSA) is 70.2 Å². The summed E-state index contributed by atoms with van der Waals surface area (Å²) < 4.78 is 13.0. The second-order valence-electron chi connectivity index (χ2n) is 7.30. The molecule has 2 amide bonds. The molecular weight excluding hydrogens is 345 g/mol. The molecule has 1 atom stereocenters. The van der Waals surface area contributed by atoms with Gasteiger partial charge in [-0.2, -0.15) is 0 Å². The highest BCUT2D eigenvalue weighted by Gasteiger charge is 2.22. The summed E-state index contributed by atoms with van der Waals surface area (Å²) in [5.74, 6) is -0.661. The van der Waals surface area contributed by atoms with Crippen molar-refractivity contribution in [2.24, 2.45) is 5.41 Å². The third kappa shape index (κ3) is 6.49. The van der Waals surface area contributed by atoms with E-state index in [4.69, 9.17) is 0 Å². The second kappa shape index (κ2) is 9.28. The molecule has 6 heteroatoms. The number of amides is 2. The summed E-state index contributed by atoms with van der Waals surface area (Å²) in [7, 11) is 0. The van der Waals surface area contributed by atoms with E-state index < -0.39 is 11.5 Å². The van der Waals surface area contributed by atoms with Crippen molar-refractivity contribution in [3.05, 3.63) is 66.0 Å². The molecule has 0 fully saturated rings. The molecule has 0 heterocycles. The van der Waals surface area contributed by atoms with Gasteiger partial charge in [-0.3, -0.25) is 9.59 Å². The van der Waals surface area contributed by atoms with Gasteiger partial charge in [0.25, 0.3) is 0 Å². The largest absolute Gasteiger partial charge is 0.354 e. The molecule has 0 aliphatic rings. The van der Waals surface area contributed by atoms with E-state index in [9.17, 15) is 14.0 Å². The number of carbonyl (C=O) groups is 2. The van der Waals surface area contributed by atoms with Gasteiger partial charge in [0.05, 0.1) is 0 Å². The summed E-state index contributed by atoms with van der Waals surface area (Å²) >= 11 is 0. The van der Waals surface area contributed by atoms with E-state index in [1.807, 2.05) is 51.1 Å². The lowest BCUT2D eigenvalue weighted by atomic mass is 9.96. The molecule has 0 radical (unpaired) electrons. The Labute approximate surface area is 159 Å². The van der Waals surface area contributed by atoms with Crippen molar-refractivity contribution in [3.8, 4) is 0 Å². The zero-order valence-corrected chi connectivity index (χ0v) is 15.9. The Morgan fingerprint density at radius 2 is 1.59 bits per heavy atom. The first-order valence-corrected chi connectivity index (χ1v) is 8.90. The van der Waals surface area contributed by atoms with Gasteiger partial charge in [0.1, 0.15) is 11.9 Å². The maximum Gasteiger partial charge on any atom is 0.246 e. The van der Waals surface area contributed by atoms with Crippen molar-refractivity contribution in [2.75, 3.05) is 18.4 Å². The van der Waals surface area contributed by atoms with Crippen LogP contribution in [0.3, 0.4) is 0 Å². The molecule has 1 unspecified atom stereocenters. The number of hydrogen-bond donors (Lipinski definition) is 3. The molecule has 0 aromatic heterocycles. The van der Waals surface area contributed by atoms with Crippen molar-refractivity contribution in [2.45, 2.75) is 26.8 Å². The lowest BCUT2D eigenvalue weighted by Gasteiger charge is -2.21. The predicted molar refractivity (Wildman–Crippen MR) is 105 cm³/mol. The average Bonchev–Trinajstić information content (AvgIpc) is 2.63. The molecule has 27 heavy (non-hydrogen) atoms. The van der Waals surface area contributed by atoms with Gasteiger partial charge in [-0.05, 0) is 29.8 Å². The van der Waals surface area contributed by atoms with Crippen LogP contribution in [0.25, 0.3) is 0 Å². The van der Waals surface area contributed by atoms with Gasteiger partial charge in [-0.25, -0.2) is 4.39 Å². The molecule has 0 saturated heterocycles. The zero-order valence-electron chi connectivity index (χ0n) is 15.9. The molecule has 0 aliphatic carbocycles. The van der Waals surface area contributed by atoms with E-state index in [-0.39, 0.29) is 17.6 Å². The van der Waals surface area contributed by atoms with E-state index in [0.29, 0.717) is 18.8 Å². The van der Waals surface area contributed by atoms with Crippen LogP contribution in [0.1, 0.15) is 32.4 Å². The number of halogens is 1. The van der Waals surface area contributed by atoms with Crippen LogP contribution in [-0.2, 0) is 9.59 Å². The van der Waals surface area contributed by atoms with Crippen molar-refractivity contribution >= 4 is 17.5 Å². The van der Waals surface area contributed by atoms with Crippen LogP contribution in [-0.4, -0.2) is 24.9 Å². The minimum atomic E-state index is -0.595. The van der Waals surface area contributed by atoms with Gasteiger partial charge in [0.2, 0.25) is 11.8 Å². The van der Waals surface area contributed by atoms with Crippen LogP contribution in [0.5, 0.6) is 0 Å². The van der Waals surface area contributed by atoms with E-state index >= 15 is 0 Å².